The first-order chi connectivity index (χ1) is 15.1. The summed E-state index contributed by atoms with van der Waals surface area (Å²) >= 11 is 1.44. The molecular weight excluding hydrogens is 417 g/mol. The predicted molar refractivity (Wildman–Crippen MR) is 120 cm³/mol. The number of likely N-dealkylation sites (N-methyl/N-ethyl adjacent to an activating group) is 1. The minimum Gasteiger partial charge on any atom is -0.468 e. The maximum Gasteiger partial charge on any atom is 0.286 e. The fourth-order valence-corrected chi connectivity index (χ4v) is 4.16. The fraction of sp³-hybridized carbons (Fsp3) is 0.304. The quantitative estimate of drug-likeness (QED) is 0.388. The van der Waals surface area contributed by atoms with Crippen LogP contribution in [0.15, 0.2) is 58.4 Å². The first-order valence-corrected chi connectivity index (χ1v) is 10.9. The van der Waals surface area contributed by atoms with E-state index in [1.54, 1.807) is 12.1 Å². The highest BCUT2D eigenvalue weighted by atomic mass is 32.2. The molecule has 1 fully saturated rings. The summed E-state index contributed by atoms with van der Waals surface area (Å²) in [6, 6.07) is 13.6. The number of rotatable bonds is 6. The van der Waals surface area contributed by atoms with Crippen LogP contribution in [0.5, 0.6) is 5.75 Å². The van der Waals surface area contributed by atoms with E-state index in [0.717, 1.165) is 42.5 Å². The van der Waals surface area contributed by atoms with E-state index in [-0.39, 0.29) is 18.5 Å². The molecule has 162 valence electrons. The second-order valence-electron chi connectivity index (χ2n) is 7.41. The summed E-state index contributed by atoms with van der Waals surface area (Å²) in [6.07, 6.45) is 1.86. The number of hydrogen-bond donors (Lipinski definition) is 0. The number of hydrogen-bond acceptors (Lipinski definition) is 6. The molecule has 8 heteroatoms. The van der Waals surface area contributed by atoms with Gasteiger partial charge in [0.1, 0.15) is 11.6 Å². The highest BCUT2D eigenvalue weighted by Gasteiger charge is 2.27. The van der Waals surface area contributed by atoms with E-state index < -0.39 is 0 Å². The van der Waals surface area contributed by atoms with Crippen molar-refractivity contribution in [3.8, 4) is 5.75 Å². The van der Waals surface area contributed by atoms with Crippen molar-refractivity contribution in [2.24, 2.45) is 4.99 Å². The van der Waals surface area contributed by atoms with Crippen molar-refractivity contribution in [3.63, 3.8) is 0 Å². The van der Waals surface area contributed by atoms with E-state index >= 15 is 0 Å². The van der Waals surface area contributed by atoms with Crippen molar-refractivity contribution in [2.45, 2.75) is 6.61 Å². The molecule has 0 N–H and O–H groups in total. The molecule has 2 heterocycles. The number of aliphatic imine (C=N–C) groups is 1. The first kappa shape index (κ1) is 21.5. The van der Waals surface area contributed by atoms with Crippen LogP contribution in [-0.2, 0) is 16.1 Å². The van der Waals surface area contributed by atoms with Crippen molar-refractivity contribution in [2.75, 3.05) is 40.0 Å². The number of carbonyl (C=O) groups is 1. The number of amides is 1. The Labute approximate surface area is 185 Å². The summed E-state index contributed by atoms with van der Waals surface area (Å²) in [7, 11) is 2.10. The lowest BCUT2D eigenvalue weighted by Gasteiger charge is -2.32. The Bertz CT molecular complexity index is 969. The Hall–Kier alpha value is -2.68. The number of nitrogens with zero attached hydrogens (tertiary/aromatic N) is 3. The van der Waals surface area contributed by atoms with Gasteiger partial charge in [-0.3, -0.25) is 4.79 Å². The van der Waals surface area contributed by atoms with E-state index in [4.69, 9.17) is 9.47 Å². The third-order valence-corrected chi connectivity index (χ3v) is 6.10. The summed E-state index contributed by atoms with van der Waals surface area (Å²) in [5.74, 6) is 0.212. The van der Waals surface area contributed by atoms with Crippen LogP contribution < -0.4 is 4.74 Å². The number of ether oxygens (including phenoxy) is 2. The van der Waals surface area contributed by atoms with Crippen molar-refractivity contribution < 1.29 is 18.7 Å². The first-order valence-electron chi connectivity index (χ1n) is 10.1. The Morgan fingerprint density at radius 3 is 2.48 bits per heavy atom. The molecule has 6 nitrogen and oxygen atoms in total. The zero-order chi connectivity index (χ0) is 21.6. The topological polar surface area (TPSA) is 54.4 Å². The fourth-order valence-electron chi connectivity index (χ4n) is 3.19. The van der Waals surface area contributed by atoms with Gasteiger partial charge < -0.3 is 19.3 Å². The van der Waals surface area contributed by atoms with E-state index in [1.165, 1.54) is 23.9 Å². The molecule has 2 aromatic rings. The zero-order valence-corrected chi connectivity index (χ0v) is 18.1. The van der Waals surface area contributed by atoms with Gasteiger partial charge in [-0.2, -0.15) is 4.99 Å². The second-order valence-corrected chi connectivity index (χ2v) is 8.42. The summed E-state index contributed by atoms with van der Waals surface area (Å²) in [6.45, 7) is 4.16. The molecule has 31 heavy (non-hydrogen) atoms. The van der Waals surface area contributed by atoms with Gasteiger partial charge in [-0.15, -0.1) is 0 Å². The second kappa shape index (κ2) is 10.1. The van der Waals surface area contributed by atoms with E-state index in [9.17, 15) is 9.18 Å². The third-order valence-electron chi connectivity index (χ3n) is 5.05. The van der Waals surface area contributed by atoms with Crippen molar-refractivity contribution >= 4 is 28.9 Å². The van der Waals surface area contributed by atoms with E-state index in [2.05, 4.69) is 21.8 Å². The van der Waals surface area contributed by atoms with E-state index in [1.807, 2.05) is 30.3 Å². The number of halogens is 1. The van der Waals surface area contributed by atoms with Gasteiger partial charge in [-0.25, -0.2) is 4.39 Å². The molecule has 0 atom stereocenters. The molecule has 4 rings (SSSR count). The molecule has 0 aromatic heterocycles. The minimum absolute atomic E-state index is 0.0916. The Balaban J connectivity index is 1.26. The molecule has 2 aliphatic rings. The van der Waals surface area contributed by atoms with Crippen molar-refractivity contribution in [1.29, 1.82) is 0 Å². The molecule has 0 bridgehead atoms. The van der Waals surface area contributed by atoms with Gasteiger partial charge in [0.25, 0.3) is 5.91 Å². The van der Waals surface area contributed by atoms with Gasteiger partial charge >= 0.3 is 0 Å². The molecule has 0 spiro atoms. The standard InChI is InChI=1S/C23H24FN3O3S/c1-26-10-12-27(13-11-26)23-25-22(28)21(31-23)14-17-4-8-20(9-5-17)30-16-29-15-18-2-6-19(24)7-3-18/h2-9,14H,10-13,15-16H2,1H3/b21-14-. The molecule has 0 aliphatic carbocycles. The van der Waals surface area contributed by atoms with Gasteiger partial charge in [-0.1, -0.05) is 24.3 Å². The number of amidine groups is 1. The average Bonchev–Trinajstić information content (AvgIpc) is 3.14. The average molecular weight is 442 g/mol. The predicted octanol–water partition coefficient (Wildman–Crippen LogP) is 3.60. The molecular formula is C23H24FN3O3S. The normalized spacial score (nSPS) is 18.5. The molecule has 1 saturated heterocycles. The van der Waals surface area contributed by atoms with Gasteiger partial charge in [0.05, 0.1) is 11.5 Å². The van der Waals surface area contributed by atoms with Crippen LogP contribution in [0, 0.1) is 5.82 Å². The summed E-state index contributed by atoms with van der Waals surface area (Å²) < 4.78 is 23.9. The Morgan fingerprint density at radius 2 is 1.77 bits per heavy atom. The molecule has 2 aromatic carbocycles. The monoisotopic (exact) mass is 441 g/mol. The smallest absolute Gasteiger partial charge is 0.286 e. The molecule has 2 aliphatic heterocycles. The Morgan fingerprint density at radius 1 is 1.06 bits per heavy atom. The summed E-state index contributed by atoms with van der Waals surface area (Å²) in [5, 5.41) is 0.794. The van der Waals surface area contributed by atoms with Crippen LogP contribution in [0.3, 0.4) is 0 Å². The third kappa shape index (κ3) is 5.94. The van der Waals surface area contributed by atoms with Crippen LogP contribution in [0.4, 0.5) is 4.39 Å². The lowest BCUT2D eigenvalue weighted by molar-refractivity contribution is -0.113. The summed E-state index contributed by atoms with van der Waals surface area (Å²) in [4.78, 5) is 21.6. The van der Waals surface area contributed by atoms with Crippen LogP contribution in [-0.4, -0.2) is 60.9 Å². The van der Waals surface area contributed by atoms with Crippen LogP contribution >= 0.6 is 11.8 Å². The molecule has 0 saturated carbocycles. The number of piperazine rings is 1. The SMILES string of the molecule is CN1CCN(C2=NC(=O)/C(=C/c3ccc(OCOCc4ccc(F)cc4)cc3)S2)CC1. The van der Waals surface area contributed by atoms with Crippen LogP contribution in [0.25, 0.3) is 6.08 Å². The molecule has 0 radical (unpaired) electrons. The lowest BCUT2D eigenvalue weighted by Crippen LogP contribution is -2.46. The largest absolute Gasteiger partial charge is 0.468 e. The van der Waals surface area contributed by atoms with Gasteiger partial charge in [0.2, 0.25) is 0 Å². The van der Waals surface area contributed by atoms with Gasteiger partial charge in [0.15, 0.2) is 12.0 Å². The van der Waals surface area contributed by atoms with Crippen LogP contribution in [0.1, 0.15) is 11.1 Å². The Kier molecular flexibility index (Phi) is 7.01. The summed E-state index contributed by atoms with van der Waals surface area (Å²) in [5.41, 5.74) is 1.79. The number of benzene rings is 2. The molecule has 1 amide bonds. The van der Waals surface area contributed by atoms with E-state index in [0.29, 0.717) is 17.3 Å². The van der Waals surface area contributed by atoms with Gasteiger partial charge in [0, 0.05) is 26.2 Å². The zero-order valence-electron chi connectivity index (χ0n) is 17.3. The highest BCUT2D eigenvalue weighted by Crippen LogP contribution is 2.31. The lowest BCUT2D eigenvalue weighted by atomic mass is 10.2. The van der Waals surface area contributed by atoms with Crippen LogP contribution in [0.2, 0.25) is 0 Å². The minimum atomic E-state index is -0.269. The maximum absolute atomic E-state index is 12.9. The number of carbonyl (C=O) groups excluding carboxylic acids is 1. The highest BCUT2D eigenvalue weighted by molar-refractivity contribution is 8.18. The van der Waals surface area contributed by atoms with Crippen molar-refractivity contribution in [3.05, 3.63) is 70.4 Å². The van der Waals surface area contributed by atoms with Gasteiger partial charge in [-0.05, 0) is 60.3 Å². The number of thioether (sulfide) groups is 1. The van der Waals surface area contributed by atoms with Crippen molar-refractivity contribution in [1.82, 2.24) is 9.80 Å². The maximum atomic E-state index is 12.9. The molecule has 0 unspecified atom stereocenters.